The van der Waals surface area contributed by atoms with Crippen LogP contribution in [0.3, 0.4) is 0 Å². The Hall–Kier alpha value is -0.0400. The van der Waals surface area contributed by atoms with E-state index in [1.54, 1.807) is 0 Å². The summed E-state index contributed by atoms with van der Waals surface area (Å²) in [6.45, 7) is 17.8. The van der Waals surface area contributed by atoms with Crippen LogP contribution in [0, 0.1) is 57.7 Å². The molecule has 0 aromatic carbocycles. The van der Waals surface area contributed by atoms with Gasteiger partial charge in [0.05, 0.1) is 6.10 Å². The second kappa shape index (κ2) is 8.63. The maximum atomic E-state index is 10.3. The number of hydrogen-bond acceptors (Lipinski definition) is 1. The quantitative estimate of drug-likeness (QED) is 0.448. The van der Waals surface area contributed by atoms with Gasteiger partial charge in [-0.3, -0.25) is 0 Å². The van der Waals surface area contributed by atoms with Crippen LogP contribution in [0.25, 0.3) is 0 Å². The summed E-state index contributed by atoms with van der Waals surface area (Å²) in [6.07, 6.45) is 16.4. The molecule has 180 valence electrons. The lowest BCUT2D eigenvalue weighted by Gasteiger charge is -2.61. The van der Waals surface area contributed by atoms with Gasteiger partial charge in [0.15, 0.2) is 0 Å². The van der Waals surface area contributed by atoms with E-state index in [0.29, 0.717) is 16.2 Å². The van der Waals surface area contributed by atoms with Crippen molar-refractivity contribution in [3.05, 3.63) is 0 Å². The summed E-state index contributed by atoms with van der Waals surface area (Å²) in [6, 6.07) is 0. The van der Waals surface area contributed by atoms with Gasteiger partial charge >= 0.3 is 0 Å². The largest absolute Gasteiger partial charge is 0.393 e. The SMILES string of the molecule is CC[C@](C)(CC[C@@H](C)[C@H]1CC[C@H]2[C@@H]3CC[C@H]4C[C@@H](O)CC[C@]4(C)[C@H]3CC[C@]12C)C(C)C. The average molecular weight is 431 g/mol. The van der Waals surface area contributed by atoms with E-state index in [1.165, 1.54) is 64.2 Å². The minimum absolute atomic E-state index is 0.0140. The van der Waals surface area contributed by atoms with Crippen LogP contribution in [-0.2, 0) is 0 Å². The molecule has 1 N–H and O–H groups in total. The summed E-state index contributed by atoms with van der Waals surface area (Å²) in [5.41, 5.74) is 1.63. The lowest BCUT2D eigenvalue weighted by Crippen LogP contribution is -2.54. The molecule has 1 nitrogen and oxygen atoms in total. The number of aliphatic hydroxyl groups excluding tert-OH is 1. The lowest BCUT2D eigenvalue weighted by atomic mass is 9.44. The van der Waals surface area contributed by atoms with Crippen molar-refractivity contribution < 1.29 is 5.11 Å². The molecular weight excluding hydrogens is 376 g/mol. The molecule has 0 aromatic rings. The highest BCUT2D eigenvalue weighted by Crippen LogP contribution is 2.68. The van der Waals surface area contributed by atoms with Gasteiger partial charge < -0.3 is 5.11 Å². The molecule has 0 aliphatic heterocycles. The minimum Gasteiger partial charge on any atom is -0.393 e. The molecule has 0 spiro atoms. The molecule has 0 aromatic heterocycles. The Labute approximate surface area is 194 Å². The highest BCUT2D eigenvalue weighted by Gasteiger charge is 2.60. The van der Waals surface area contributed by atoms with Gasteiger partial charge in [0.25, 0.3) is 0 Å². The Bertz CT molecular complexity index is 626. The predicted molar refractivity (Wildman–Crippen MR) is 133 cm³/mol. The van der Waals surface area contributed by atoms with Crippen molar-refractivity contribution in [2.75, 3.05) is 0 Å². The van der Waals surface area contributed by atoms with Crippen LogP contribution in [0.5, 0.6) is 0 Å². The Balaban J connectivity index is 1.46. The van der Waals surface area contributed by atoms with Crippen molar-refractivity contribution in [1.82, 2.24) is 0 Å². The fourth-order valence-electron chi connectivity index (χ4n) is 9.84. The van der Waals surface area contributed by atoms with Gasteiger partial charge in [-0.15, -0.1) is 0 Å². The zero-order chi connectivity index (χ0) is 22.6. The summed E-state index contributed by atoms with van der Waals surface area (Å²) < 4.78 is 0. The second-order valence-electron chi connectivity index (χ2n) is 14.0. The number of rotatable bonds is 6. The monoisotopic (exact) mass is 430 g/mol. The standard InChI is InChI=1S/C30H54O/c1-8-28(5,20(2)3)16-13-21(4)25-11-12-26-24-10-9-22-19-23(31)14-17-29(22,6)27(24)15-18-30(25,26)7/h20-27,31H,8-19H2,1-7H3/t21-,22+,23+,24+,25-,26+,27+,28-,29+,30-/m1/s1. The molecular formula is C30H54O. The molecule has 0 heterocycles. The zero-order valence-electron chi connectivity index (χ0n) is 22.1. The third-order valence-electron chi connectivity index (χ3n) is 12.8. The van der Waals surface area contributed by atoms with E-state index in [0.717, 1.165) is 54.3 Å². The Morgan fingerprint density at radius 2 is 1.58 bits per heavy atom. The van der Waals surface area contributed by atoms with Crippen molar-refractivity contribution in [3.8, 4) is 0 Å². The summed E-state index contributed by atoms with van der Waals surface area (Å²) in [5, 5.41) is 10.3. The van der Waals surface area contributed by atoms with E-state index in [9.17, 15) is 5.11 Å². The van der Waals surface area contributed by atoms with E-state index in [-0.39, 0.29) is 6.10 Å². The summed E-state index contributed by atoms with van der Waals surface area (Å²) in [4.78, 5) is 0. The van der Waals surface area contributed by atoms with Crippen LogP contribution in [0.15, 0.2) is 0 Å². The molecule has 0 bridgehead atoms. The van der Waals surface area contributed by atoms with Crippen LogP contribution in [0.4, 0.5) is 0 Å². The minimum atomic E-state index is -0.0140. The van der Waals surface area contributed by atoms with Gasteiger partial charge in [-0.2, -0.15) is 0 Å². The molecule has 4 saturated carbocycles. The van der Waals surface area contributed by atoms with Crippen molar-refractivity contribution in [2.24, 2.45) is 57.7 Å². The molecule has 1 heteroatoms. The third kappa shape index (κ3) is 3.95. The highest BCUT2D eigenvalue weighted by molar-refractivity contribution is 5.09. The first-order valence-corrected chi connectivity index (χ1v) is 14.2. The molecule has 0 unspecified atom stereocenters. The first-order chi connectivity index (χ1) is 14.5. The first-order valence-electron chi connectivity index (χ1n) is 14.2. The van der Waals surface area contributed by atoms with E-state index in [2.05, 4.69) is 48.5 Å². The van der Waals surface area contributed by atoms with Crippen LogP contribution in [0.2, 0.25) is 0 Å². The van der Waals surface area contributed by atoms with Crippen molar-refractivity contribution in [1.29, 1.82) is 0 Å². The van der Waals surface area contributed by atoms with Crippen molar-refractivity contribution in [3.63, 3.8) is 0 Å². The maximum absolute atomic E-state index is 10.3. The summed E-state index contributed by atoms with van der Waals surface area (Å²) in [5.74, 6) is 6.31. The smallest absolute Gasteiger partial charge is 0.0543 e. The van der Waals surface area contributed by atoms with E-state index in [1.807, 2.05) is 0 Å². The lowest BCUT2D eigenvalue weighted by molar-refractivity contribution is -0.129. The fraction of sp³-hybridized carbons (Fsp3) is 1.00. The molecule has 0 radical (unpaired) electrons. The first kappa shape index (κ1) is 24.1. The second-order valence-corrected chi connectivity index (χ2v) is 14.0. The van der Waals surface area contributed by atoms with Gasteiger partial charge in [0.2, 0.25) is 0 Å². The van der Waals surface area contributed by atoms with Gasteiger partial charge in [-0.05, 0) is 128 Å². The number of aliphatic hydroxyl groups is 1. The molecule has 4 aliphatic carbocycles. The van der Waals surface area contributed by atoms with E-state index in [4.69, 9.17) is 0 Å². The topological polar surface area (TPSA) is 20.2 Å². The summed E-state index contributed by atoms with van der Waals surface area (Å²) in [7, 11) is 0. The molecule has 31 heavy (non-hydrogen) atoms. The van der Waals surface area contributed by atoms with Gasteiger partial charge in [-0.25, -0.2) is 0 Å². The molecule has 4 aliphatic rings. The van der Waals surface area contributed by atoms with Crippen LogP contribution >= 0.6 is 0 Å². The molecule has 4 fully saturated rings. The molecule has 0 saturated heterocycles. The Morgan fingerprint density at radius 3 is 2.26 bits per heavy atom. The predicted octanol–water partition coefficient (Wildman–Crippen LogP) is 8.49. The van der Waals surface area contributed by atoms with E-state index >= 15 is 0 Å². The molecule has 0 amide bonds. The molecule has 4 rings (SSSR count). The number of hydrogen-bond donors (Lipinski definition) is 1. The normalized spacial score (nSPS) is 47.9. The summed E-state index contributed by atoms with van der Waals surface area (Å²) >= 11 is 0. The highest BCUT2D eigenvalue weighted by atomic mass is 16.3. The van der Waals surface area contributed by atoms with E-state index < -0.39 is 0 Å². The van der Waals surface area contributed by atoms with Crippen molar-refractivity contribution >= 4 is 0 Å². The van der Waals surface area contributed by atoms with Crippen LogP contribution in [0.1, 0.15) is 126 Å². The van der Waals surface area contributed by atoms with Gasteiger partial charge in [-0.1, -0.05) is 54.9 Å². The zero-order valence-corrected chi connectivity index (χ0v) is 22.1. The fourth-order valence-corrected chi connectivity index (χ4v) is 9.84. The maximum Gasteiger partial charge on any atom is 0.0543 e. The van der Waals surface area contributed by atoms with Crippen LogP contribution in [-0.4, -0.2) is 11.2 Å². The molecule has 10 atom stereocenters. The number of fused-ring (bicyclic) bond motifs is 5. The van der Waals surface area contributed by atoms with Gasteiger partial charge in [0.1, 0.15) is 0 Å². The Morgan fingerprint density at radius 1 is 0.903 bits per heavy atom. The van der Waals surface area contributed by atoms with Crippen LogP contribution < -0.4 is 0 Å². The third-order valence-corrected chi connectivity index (χ3v) is 12.8. The van der Waals surface area contributed by atoms with Crippen molar-refractivity contribution in [2.45, 2.75) is 132 Å². The average Bonchev–Trinajstić information content (AvgIpc) is 3.09. The van der Waals surface area contributed by atoms with Gasteiger partial charge in [0, 0.05) is 0 Å². The Kier molecular flexibility index (Phi) is 6.71.